The molecule has 8 rings (SSSR count). The second-order valence-corrected chi connectivity index (χ2v) is 19.6. The minimum absolute atomic E-state index is 0.101. The third-order valence-corrected chi connectivity index (χ3v) is 13.6. The molecule has 3 aliphatic heterocycles. The van der Waals surface area contributed by atoms with E-state index >= 15 is 0 Å². The van der Waals surface area contributed by atoms with Crippen molar-refractivity contribution >= 4 is 46.8 Å². The highest BCUT2D eigenvalue weighted by Crippen LogP contribution is 2.36. The number of amides is 4. The van der Waals surface area contributed by atoms with Crippen molar-refractivity contribution in [2.24, 2.45) is 17.8 Å². The maximum atomic E-state index is 14.5. The number of rotatable bonds is 14. The van der Waals surface area contributed by atoms with E-state index in [1.54, 1.807) is 35.1 Å². The van der Waals surface area contributed by atoms with Gasteiger partial charge in [0.1, 0.15) is 22.9 Å². The first kappa shape index (κ1) is 47.5. The lowest BCUT2D eigenvalue weighted by atomic mass is 9.85. The Kier molecular flexibility index (Phi) is 14.2. The lowest BCUT2D eigenvalue weighted by molar-refractivity contribution is -0.160. The molecule has 1 aliphatic carbocycles. The number of nitrogens with one attached hydrogen (secondary N) is 1. The number of esters is 1. The van der Waals surface area contributed by atoms with Crippen molar-refractivity contribution in [3.05, 3.63) is 65.2 Å². The number of halogens is 2. The maximum Gasteiger partial charge on any atom is 0.328 e. The zero-order chi connectivity index (χ0) is 47.6. The first-order chi connectivity index (χ1) is 32.0. The van der Waals surface area contributed by atoms with E-state index in [1.807, 2.05) is 30.6 Å². The van der Waals surface area contributed by atoms with Gasteiger partial charge in [-0.05, 0) is 128 Å². The van der Waals surface area contributed by atoms with Gasteiger partial charge in [0.15, 0.2) is 5.65 Å². The van der Waals surface area contributed by atoms with Gasteiger partial charge in [0, 0.05) is 63.6 Å². The summed E-state index contributed by atoms with van der Waals surface area (Å²) in [6.45, 7) is 9.92. The number of ether oxygens (including phenoxy) is 2. The van der Waals surface area contributed by atoms with E-state index in [0.717, 1.165) is 64.5 Å². The number of imide groups is 1. The van der Waals surface area contributed by atoms with Crippen LogP contribution < -0.4 is 19.9 Å². The molecule has 1 aromatic carbocycles. The molecule has 0 bridgehead atoms. The molecular formula is C48H62F2N10O7. The molecule has 17 nitrogen and oxygen atoms in total. The van der Waals surface area contributed by atoms with Crippen LogP contribution in [-0.2, 0) is 14.3 Å². The molecule has 3 aromatic heterocycles. The van der Waals surface area contributed by atoms with Crippen LogP contribution >= 0.6 is 0 Å². The van der Waals surface area contributed by atoms with Crippen LogP contribution in [0.5, 0.6) is 5.75 Å². The fourth-order valence-electron chi connectivity index (χ4n) is 9.99. The Bertz CT molecular complexity index is 2470. The molecule has 1 atom stereocenters. The third-order valence-electron chi connectivity index (χ3n) is 13.6. The van der Waals surface area contributed by atoms with Crippen molar-refractivity contribution in [2.75, 3.05) is 69.8 Å². The van der Waals surface area contributed by atoms with Crippen LogP contribution in [0.4, 0.5) is 25.1 Å². The topological polar surface area (TPSA) is 177 Å². The number of alkyl halides is 2. The van der Waals surface area contributed by atoms with Gasteiger partial charge in [-0.25, -0.2) is 23.1 Å². The number of urea groups is 1. The van der Waals surface area contributed by atoms with Crippen molar-refractivity contribution in [2.45, 2.75) is 103 Å². The summed E-state index contributed by atoms with van der Waals surface area (Å²) in [6, 6.07) is 6.18. The molecule has 360 valence electrons. The molecule has 4 amide bonds. The minimum Gasteiger partial charge on any atom is -0.495 e. The van der Waals surface area contributed by atoms with Crippen LogP contribution in [0.2, 0.25) is 0 Å². The molecule has 4 aromatic rings. The Morgan fingerprint density at radius 2 is 1.72 bits per heavy atom. The van der Waals surface area contributed by atoms with E-state index in [4.69, 9.17) is 14.5 Å². The molecule has 0 radical (unpaired) electrons. The van der Waals surface area contributed by atoms with Crippen LogP contribution in [0.1, 0.15) is 129 Å². The van der Waals surface area contributed by atoms with E-state index in [1.165, 1.54) is 28.9 Å². The number of methoxy groups -OCH3 is 1. The normalized spacial score (nSPS) is 21.0. The molecule has 19 heteroatoms. The van der Waals surface area contributed by atoms with E-state index in [2.05, 4.69) is 27.5 Å². The van der Waals surface area contributed by atoms with Gasteiger partial charge in [0.05, 0.1) is 42.1 Å². The number of carbonyl (C=O) groups is 5. The zero-order valence-electron chi connectivity index (χ0n) is 39.1. The standard InChI is InChI=1S/C48H62F2N10O7/c1-48(2,3)67-46(64)33-7-6-19-57(28-33)39-17-24-59-44(52-39)35(26-51-59)42(62)36-29-60(54-41(36)43(49)50)34-11-8-31(9-12-34)27-55(4)20-14-30-15-21-56(22-16-30)45(63)32-10-13-38(66-5)37(25-32)58-23-18-40(61)53-47(58)65/h10,13,17,24-26,29-31,33-34,43H,6-9,11-12,14-16,18-23,27-28H2,1-5H3,(H,53,61,65)/t31?,33-,34?/m0/s1. The average molecular weight is 929 g/mol. The predicted octanol–water partition coefficient (Wildman–Crippen LogP) is 6.71. The molecule has 3 saturated heterocycles. The highest BCUT2D eigenvalue weighted by atomic mass is 19.3. The van der Waals surface area contributed by atoms with E-state index in [9.17, 15) is 32.8 Å². The van der Waals surface area contributed by atoms with Gasteiger partial charge < -0.3 is 24.2 Å². The van der Waals surface area contributed by atoms with E-state index in [-0.39, 0.29) is 59.5 Å². The summed E-state index contributed by atoms with van der Waals surface area (Å²) in [5, 5.41) is 10.9. The van der Waals surface area contributed by atoms with Gasteiger partial charge in [-0.15, -0.1) is 0 Å². The molecule has 6 heterocycles. The van der Waals surface area contributed by atoms with Crippen molar-refractivity contribution < 1.29 is 42.2 Å². The van der Waals surface area contributed by atoms with E-state index < -0.39 is 29.5 Å². The van der Waals surface area contributed by atoms with Crippen molar-refractivity contribution in [1.82, 2.24) is 39.5 Å². The van der Waals surface area contributed by atoms with Gasteiger partial charge in [0.2, 0.25) is 11.7 Å². The number of likely N-dealkylation sites (tertiary alicyclic amines) is 1. The van der Waals surface area contributed by atoms with Gasteiger partial charge in [-0.1, -0.05) is 0 Å². The van der Waals surface area contributed by atoms with Gasteiger partial charge in [-0.2, -0.15) is 10.2 Å². The quantitative estimate of drug-likeness (QED) is 0.105. The highest BCUT2D eigenvalue weighted by molar-refractivity contribution is 6.13. The van der Waals surface area contributed by atoms with E-state index in [0.29, 0.717) is 67.3 Å². The summed E-state index contributed by atoms with van der Waals surface area (Å²) < 4.78 is 43.2. The van der Waals surface area contributed by atoms with Gasteiger partial charge in [0.25, 0.3) is 12.3 Å². The number of benzene rings is 1. The summed E-state index contributed by atoms with van der Waals surface area (Å²) in [4.78, 5) is 77.2. The first-order valence-electron chi connectivity index (χ1n) is 23.6. The van der Waals surface area contributed by atoms with Crippen molar-refractivity contribution in [3.63, 3.8) is 0 Å². The molecule has 67 heavy (non-hydrogen) atoms. The van der Waals surface area contributed by atoms with Crippen LogP contribution in [0.25, 0.3) is 5.65 Å². The molecule has 1 saturated carbocycles. The first-order valence-corrected chi connectivity index (χ1v) is 23.6. The number of carbonyl (C=O) groups excluding carboxylic acids is 5. The van der Waals surface area contributed by atoms with Crippen LogP contribution in [0, 0.1) is 17.8 Å². The monoisotopic (exact) mass is 928 g/mol. The summed E-state index contributed by atoms with van der Waals surface area (Å²) >= 11 is 0. The zero-order valence-corrected chi connectivity index (χ0v) is 39.1. The number of aromatic nitrogens is 5. The SMILES string of the molecule is COc1ccc(C(=O)N2CCC(CCN(C)CC3CCC(n4cc(C(=O)c5cnn6ccc(N7CCC[C@H](C(=O)OC(C)(C)C)C7)nc56)c(C(F)F)n4)CC3)CC2)cc1N1CCC(=O)NC1=O. The summed E-state index contributed by atoms with van der Waals surface area (Å²) in [7, 11) is 3.64. The van der Waals surface area contributed by atoms with Crippen LogP contribution in [-0.4, -0.2) is 129 Å². The van der Waals surface area contributed by atoms with Gasteiger partial charge in [-0.3, -0.25) is 34.1 Å². The molecule has 0 unspecified atom stereocenters. The Hall–Kier alpha value is -5.98. The third kappa shape index (κ3) is 10.9. The summed E-state index contributed by atoms with van der Waals surface area (Å²) in [5.74, 6) is 0.294. The largest absolute Gasteiger partial charge is 0.495 e. The Morgan fingerprint density at radius 3 is 2.42 bits per heavy atom. The number of piperidine rings is 2. The molecule has 4 aliphatic rings. The Balaban J connectivity index is 0.816. The molecule has 1 N–H and O–H groups in total. The smallest absolute Gasteiger partial charge is 0.328 e. The number of anilines is 2. The average Bonchev–Trinajstić information content (AvgIpc) is 3.96. The van der Waals surface area contributed by atoms with Crippen molar-refractivity contribution in [1.29, 1.82) is 0 Å². The van der Waals surface area contributed by atoms with Crippen LogP contribution in [0.3, 0.4) is 0 Å². The fraction of sp³-hybridized carbons (Fsp3) is 0.583. The number of ketones is 1. The molecular weight excluding hydrogens is 867 g/mol. The van der Waals surface area contributed by atoms with Gasteiger partial charge >= 0.3 is 12.0 Å². The predicted molar refractivity (Wildman–Crippen MR) is 245 cm³/mol. The summed E-state index contributed by atoms with van der Waals surface area (Å²) in [5.41, 5.74) is -0.0479. The van der Waals surface area contributed by atoms with Crippen LogP contribution in [0.15, 0.2) is 42.9 Å². The molecule has 0 spiro atoms. The second-order valence-electron chi connectivity index (χ2n) is 19.6. The molecule has 4 fully saturated rings. The number of hydrogen-bond acceptors (Lipinski definition) is 12. The Labute approximate surface area is 389 Å². The fourth-order valence-corrected chi connectivity index (χ4v) is 9.99. The number of fused-ring (bicyclic) bond motifs is 1. The van der Waals surface area contributed by atoms with Crippen molar-refractivity contribution in [3.8, 4) is 5.75 Å². The number of hydrogen-bond donors (Lipinski definition) is 1. The lowest BCUT2D eigenvalue weighted by Gasteiger charge is -2.34. The maximum absolute atomic E-state index is 14.5. The summed E-state index contributed by atoms with van der Waals surface area (Å²) in [6.07, 6.45) is 9.30. The lowest BCUT2D eigenvalue weighted by Crippen LogP contribution is -2.49. The Morgan fingerprint density at radius 1 is 0.955 bits per heavy atom. The minimum atomic E-state index is -2.95. The highest BCUT2D eigenvalue weighted by Gasteiger charge is 2.34. The second kappa shape index (κ2) is 20.1. The number of nitrogens with zero attached hydrogens (tertiary/aromatic N) is 9.